The minimum Gasteiger partial charge on any atom is -0.370 e. The Morgan fingerprint density at radius 1 is 1.20 bits per heavy atom. The number of nitrogens with zero attached hydrogens (tertiary/aromatic N) is 3. The summed E-state index contributed by atoms with van der Waals surface area (Å²) in [6, 6.07) is 8.80. The van der Waals surface area contributed by atoms with Gasteiger partial charge in [0.2, 0.25) is 0 Å². The van der Waals surface area contributed by atoms with Gasteiger partial charge in [-0.1, -0.05) is 6.92 Å². The van der Waals surface area contributed by atoms with Crippen LogP contribution in [0.1, 0.15) is 18.4 Å². The zero-order valence-electron chi connectivity index (χ0n) is 14.3. The molecule has 2 aromatic rings. The molecule has 25 heavy (non-hydrogen) atoms. The number of halogens is 2. The van der Waals surface area contributed by atoms with Crippen molar-refractivity contribution in [1.29, 1.82) is 0 Å². The number of hydrogen-bond acceptors (Lipinski definition) is 3. The van der Waals surface area contributed by atoms with Crippen molar-refractivity contribution in [3.8, 4) is 0 Å². The summed E-state index contributed by atoms with van der Waals surface area (Å²) < 4.78 is 13.0. The van der Waals surface area contributed by atoms with E-state index < -0.39 is 0 Å². The van der Waals surface area contributed by atoms with Crippen LogP contribution >= 0.6 is 35.3 Å². The van der Waals surface area contributed by atoms with Gasteiger partial charge in [0, 0.05) is 44.3 Å². The third kappa shape index (κ3) is 5.31. The molecular formula is C18H24FIN4S. The highest BCUT2D eigenvalue weighted by molar-refractivity contribution is 14.0. The molecule has 4 nitrogen and oxygen atoms in total. The number of nitrogens with two attached hydrogens (primary N) is 1. The van der Waals surface area contributed by atoms with Gasteiger partial charge in [-0.15, -0.1) is 24.0 Å². The fraction of sp³-hybridized carbons (Fsp3) is 0.389. The van der Waals surface area contributed by atoms with Crippen LogP contribution < -0.4 is 10.6 Å². The molecule has 2 N–H and O–H groups in total. The Labute approximate surface area is 169 Å². The molecule has 0 spiro atoms. The van der Waals surface area contributed by atoms with Crippen molar-refractivity contribution in [3.05, 3.63) is 52.5 Å². The summed E-state index contributed by atoms with van der Waals surface area (Å²) in [7, 11) is 0. The summed E-state index contributed by atoms with van der Waals surface area (Å²) in [5.41, 5.74) is 8.54. The molecule has 1 fully saturated rings. The maximum Gasteiger partial charge on any atom is 0.191 e. The summed E-state index contributed by atoms with van der Waals surface area (Å²) in [6.45, 7) is 6.27. The van der Waals surface area contributed by atoms with E-state index in [2.05, 4.69) is 38.5 Å². The first-order chi connectivity index (χ1) is 11.6. The summed E-state index contributed by atoms with van der Waals surface area (Å²) in [5.74, 6) is 0.805. The quantitative estimate of drug-likeness (QED) is 0.417. The number of hydrogen-bond donors (Lipinski definition) is 1. The second-order valence-corrected chi connectivity index (χ2v) is 6.89. The molecule has 1 aromatic heterocycles. The molecule has 2 heterocycles. The van der Waals surface area contributed by atoms with E-state index in [0.29, 0.717) is 18.4 Å². The van der Waals surface area contributed by atoms with Crippen molar-refractivity contribution < 1.29 is 4.39 Å². The molecule has 3 rings (SSSR count). The van der Waals surface area contributed by atoms with Crippen molar-refractivity contribution >= 4 is 47.0 Å². The monoisotopic (exact) mass is 474 g/mol. The van der Waals surface area contributed by atoms with Crippen molar-refractivity contribution in [2.45, 2.75) is 12.8 Å². The van der Waals surface area contributed by atoms with E-state index in [1.165, 1.54) is 17.7 Å². The van der Waals surface area contributed by atoms with Gasteiger partial charge in [0.25, 0.3) is 0 Å². The van der Waals surface area contributed by atoms with Crippen molar-refractivity contribution in [1.82, 2.24) is 4.90 Å². The van der Waals surface area contributed by atoms with Crippen LogP contribution in [-0.4, -0.2) is 43.6 Å². The Hall–Kier alpha value is -1.35. The largest absolute Gasteiger partial charge is 0.370 e. The lowest BCUT2D eigenvalue weighted by Gasteiger charge is -2.36. The van der Waals surface area contributed by atoms with Gasteiger partial charge in [-0.3, -0.25) is 4.99 Å². The van der Waals surface area contributed by atoms with Crippen LogP contribution in [0.25, 0.3) is 0 Å². The molecule has 0 radical (unpaired) electrons. The molecule has 0 aliphatic carbocycles. The SMILES string of the molecule is CC(CN=C(N)N1CCN(c2ccc(F)cc2)CC1)c1ccsc1.I. The minimum absolute atomic E-state index is 0. The Morgan fingerprint density at radius 2 is 1.88 bits per heavy atom. The molecule has 1 atom stereocenters. The Kier molecular flexibility index (Phi) is 7.49. The Morgan fingerprint density at radius 3 is 2.48 bits per heavy atom. The number of benzene rings is 1. The Bertz CT molecular complexity index is 667. The first-order valence-corrected chi connectivity index (χ1v) is 9.15. The fourth-order valence-corrected chi connectivity index (χ4v) is 3.62. The first kappa shape index (κ1) is 20.0. The molecule has 1 aliphatic rings. The lowest BCUT2D eigenvalue weighted by Crippen LogP contribution is -2.51. The molecule has 1 aromatic carbocycles. The number of anilines is 1. The molecule has 1 aliphatic heterocycles. The second kappa shape index (κ2) is 9.38. The van der Waals surface area contributed by atoms with E-state index in [0.717, 1.165) is 31.9 Å². The summed E-state index contributed by atoms with van der Waals surface area (Å²) in [6.07, 6.45) is 0. The van der Waals surface area contributed by atoms with Gasteiger partial charge in [0.1, 0.15) is 5.82 Å². The van der Waals surface area contributed by atoms with Gasteiger partial charge in [-0.2, -0.15) is 11.3 Å². The van der Waals surface area contributed by atoms with E-state index in [-0.39, 0.29) is 29.8 Å². The van der Waals surface area contributed by atoms with Gasteiger partial charge in [0.15, 0.2) is 5.96 Å². The van der Waals surface area contributed by atoms with Crippen LogP contribution in [0.3, 0.4) is 0 Å². The van der Waals surface area contributed by atoms with E-state index in [1.54, 1.807) is 11.3 Å². The molecule has 7 heteroatoms. The van der Waals surface area contributed by atoms with Crippen LogP contribution in [0.4, 0.5) is 10.1 Å². The number of thiophene rings is 1. The predicted octanol–water partition coefficient (Wildman–Crippen LogP) is 3.75. The lowest BCUT2D eigenvalue weighted by molar-refractivity contribution is 0.380. The zero-order chi connectivity index (χ0) is 16.9. The molecule has 136 valence electrons. The van der Waals surface area contributed by atoms with Crippen LogP contribution in [0.15, 0.2) is 46.1 Å². The van der Waals surface area contributed by atoms with Gasteiger partial charge < -0.3 is 15.5 Å². The number of guanidine groups is 1. The maximum atomic E-state index is 13.0. The third-order valence-corrected chi connectivity index (χ3v) is 5.14. The van der Waals surface area contributed by atoms with Gasteiger partial charge >= 0.3 is 0 Å². The van der Waals surface area contributed by atoms with Crippen LogP contribution in [0, 0.1) is 5.82 Å². The minimum atomic E-state index is -0.200. The molecule has 0 bridgehead atoms. The average molecular weight is 474 g/mol. The summed E-state index contributed by atoms with van der Waals surface area (Å²) in [4.78, 5) is 8.94. The highest BCUT2D eigenvalue weighted by atomic mass is 127. The average Bonchev–Trinajstić information content (AvgIpc) is 3.15. The molecule has 1 saturated heterocycles. The van der Waals surface area contributed by atoms with Crippen molar-refractivity contribution in [3.63, 3.8) is 0 Å². The Balaban J connectivity index is 0.00000225. The fourth-order valence-electron chi connectivity index (χ4n) is 2.84. The first-order valence-electron chi connectivity index (χ1n) is 8.21. The van der Waals surface area contributed by atoms with Crippen LogP contribution in [0.5, 0.6) is 0 Å². The van der Waals surface area contributed by atoms with Crippen molar-refractivity contribution in [2.75, 3.05) is 37.6 Å². The van der Waals surface area contributed by atoms with E-state index in [9.17, 15) is 4.39 Å². The van der Waals surface area contributed by atoms with Crippen LogP contribution in [-0.2, 0) is 0 Å². The molecular weight excluding hydrogens is 450 g/mol. The number of aliphatic imine (C=N–C) groups is 1. The molecule has 0 saturated carbocycles. The molecule has 1 unspecified atom stereocenters. The lowest BCUT2D eigenvalue weighted by atomic mass is 10.1. The number of rotatable bonds is 4. The van der Waals surface area contributed by atoms with Crippen LogP contribution in [0.2, 0.25) is 0 Å². The van der Waals surface area contributed by atoms with E-state index >= 15 is 0 Å². The maximum absolute atomic E-state index is 13.0. The second-order valence-electron chi connectivity index (χ2n) is 6.11. The van der Waals surface area contributed by atoms with Gasteiger partial charge in [-0.25, -0.2) is 4.39 Å². The van der Waals surface area contributed by atoms with Gasteiger partial charge in [-0.05, 0) is 46.7 Å². The molecule has 0 amide bonds. The summed E-state index contributed by atoms with van der Waals surface area (Å²) in [5, 5.41) is 4.26. The summed E-state index contributed by atoms with van der Waals surface area (Å²) >= 11 is 1.71. The predicted molar refractivity (Wildman–Crippen MR) is 115 cm³/mol. The number of piperazine rings is 1. The van der Waals surface area contributed by atoms with Gasteiger partial charge in [0.05, 0.1) is 0 Å². The topological polar surface area (TPSA) is 44.9 Å². The third-order valence-electron chi connectivity index (χ3n) is 4.43. The highest BCUT2D eigenvalue weighted by Gasteiger charge is 2.18. The van der Waals surface area contributed by atoms with E-state index in [4.69, 9.17) is 5.73 Å². The standard InChI is InChI=1S/C18H23FN4S.HI/c1-14(15-6-11-24-13-15)12-21-18(20)23-9-7-22(8-10-23)17-4-2-16(19)3-5-17;/h2-6,11,13-14H,7-10,12H2,1H3,(H2,20,21);1H. The highest BCUT2D eigenvalue weighted by Crippen LogP contribution is 2.19. The van der Waals surface area contributed by atoms with E-state index in [1.807, 2.05) is 12.1 Å². The van der Waals surface area contributed by atoms with Crippen molar-refractivity contribution in [2.24, 2.45) is 10.7 Å². The smallest absolute Gasteiger partial charge is 0.191 e. The zero-order valence-corrected chi connectivity index (χ0v) is 17.4. The normalized spacial score (nSPS) is 16.5.